The number of anilines is 2. The van der Waals surface area contributed by atoms with Gasteiger partial charge < -0.3 is 15.0 Å². The molecule has 1 aliphatic rings. The molecule has 0 aliphatic carbocycles. The molecule has 0 bridgehead atoms. The molecule has 0 spiro atoms. The zero-order valence-corrected chi connectivity index (χ0v) is 21.8. The predicted octanol–water partition coefficient (Wildman–Crippen LogP) is 5.50. The molecule has 0 amide bonds. The van der Waals surface area contributed by atoms with Gasteiger partial charge in [-0.25, -0.2) is 9.98 Å². The second kappa shape index (κ2) is 10.00. The van der Waals surface area contributed by atoms with Crippen molar-refractivity contribution in [1.29, 1.82) is 0 Å². The quantitative estimate of drug-likeness (QED) is 0.437. The van der Waals surface area contributed by atoms with Gasteiger partial charge in [0, 0.05) is 42.6 Å². The van der Waals surface area contributed by atoms with Crippen molar-refractivity contribution in [1.82, 2.24) is 14.9 Å². The summed E-state index contributed by atoms with van der Waals surface area (Å²) < 4.78 is 5.07. The first kappa shape index (κ1) is 24.6. The van der Waals surface area contributed by atoms with E-state index in [-0.39, 0.29) is 5.41 Å². The normalized spacial score (nSPS) is 14.3. The van der Waals surface area contributed by atoms with E-state index in [1.54, 1.807) is 11.9 Å². The lowest BCUT2D eigenvalue weighted by atomic mass is 9.87. The van der Waals surface area contributed by atoms with Gasteiger partial charge in [0.2, 0.25) is 5.82 Å². The van der Waals surface area contributed by atoms with E-state index in [9.17, 15) is 0 Å². The van der Waals surface area contributed by atoms with Crippen LogP contribution in [0.4, 0.5) is 17.1 Å². The van der Waals surface area contributed by atoms with Crippen LogP contribution < -0.4 is 10.2 Å². The van der Waals surface area contributed by atoms with Crippen molar-refractivity contribution >= 4 is 28.5 Å². The molecule has 0 atom stereocenters. The summed E-state index contributed by atoms with van der Waals surface area (Å²) in [7, 11) is 1.66. The molecule has 0 fully saturated rings. The summed E-state index contributed by atoms with van der Waals surface area (Å²) in [5, 5.41) is 12.7. The van der Waals surface area contributed by atoms with E-state index in [2.05, 4.69) is 75.1 Å². The van der Waals surface area contributed by atoms with Crippen LogP contribution in [0.25, 0.3) is 11.4 Å². The Morgan fingerprint density at radius 3 is 2.37 bits per heavy atom. The number of nitrogens with zero attached hydrogens (tertiary/aromatic N) is 6. The van der Waals surface area contributed by atoms with Crippen molar-refractivity contribution in [2.75, 3.05) is 37.1 Å². The van der Waals surface area contributed by atoms with E-state index >= 15 is 0 Å². The summed E-state index contributed by atoms with van der Waals surface area (Å²) in [5.74, 6) is 1.29. The van der Waals surface area contributed by atoms with E-state index in [1.165, 1.54) is 5.69 Å². The number of hydrogen-bond donors (Lipinski definition) is 1. The summed E-state index contributed by atoms with van der Waals surface area (Å²) in [5.41, 5.74) is 6.58. The fourth-order valence-corrected chi connectivity index (χ4v) is 4.06. The summed E-state index contributed by atoms with van der Waals surface area (Å²) in [6, 6.07) is 14.4. The molecule has 3 aromatic rings. The molecule has 184 valence electrons. The number of aryl methyl sites for hydroxylation is 1. The second-order valence-electron chi connectivity index (χ2n) is 9.64. The predicted molar refractivity (Wildman–Crippen MR) is 144 cm³/mol. The van der Waals surface area contributed by atoms with E-state index in [4.69, 9.17) is 19.8 Å². The van der Waals surface area contributed by atoms with E-state index in [0.29, 0.717) is 18.4 Å². The Kier molecular flexibility index (Phi) is 7.03. The zero-order chi connectivity index (χ0) is 25.2. The smallest absolute Gasteiger partial charge is 0.204 e. The van der Waals surface area contributed by atoms with Gasteiger partial charge in [-0.1, -0.05) is 20.8 Å². The molecule has 8 heteroatoms. The molecule has 2 aromatic carbocycles. The van der Waals surface area contributed by atoms with E-state index < -0.39 is 0 Å². The third kappa shape index (κ3) is 5.12. The molecule has 0 radical (unpaired) electrons. The topological polar surface area (TPSA) is 79.9 Å². The van der Waals surface area contributed by atoms with Gasteiger partial charge >= 0.3 is 0 Å². The Morgan fingerprint density at radius 2 is 1.77 bits per heavy atom. The Balaban J connectivity index is 1.71. The lowest BCUT2D eigenvalue weighted by Gasteiger charge is -2.22. The zero-order valence-electron chi connectivity index (χ0n) is 21.8. The van der Waals surface area contributed by atoms with Crippen molar-refractivity contribution in [3.05, 3.63) is 53.9 Å². The van der Waals surface area contributed by atoms with Crippen molar-refractivity contribution in [3.8, 4) is 11.4 Å². The molecule has 8 nitrogen and oxygen atoms in total. The molecule has 1 aromatic heterocycles. The van der Waals surface area contributed by atoms with Gasteiger partial charge in [-0.3, -0.25) is 0 Å². The van der Waals surface area contributed by atoms with Crippen LogP contribution in [0.1, 0.15) is 46.0 Å². The third-order valence-electron chi connectivity index (χ3n) is 6.04. The Hall–Kier alpha value is -3.52. The van der Waals surface area contributed by atoms with Gasteiger partial charge in [0.1, 0.15) is 12.4 Å². The fraction of sp³-hybridized carbons (Fsp3) is 0.407. The Labute approximate surface area is 207 Å². The summed E-state index contributed by atoms with van der Waals surface area (Å²) in [6.07, 6.45) is 0. The Bertz CT molecular complexity index is 1250. The number of nitrogens with one attached hydrogen (secondary N) is 1. The monoisotopic (exact) mass is 473 g/mol. The van der Waals surface area contributed by atoms with Crippen molar-refractivity contribution in [2.24, 2.45) is 15.5 Å². The SMILES string of the molecule is CCN(CC)c1ccc(/N=C2/C(C(C)(C)C)=Nn3nc(-c4ccc(NCOC)cc4)nc32)c(C)c1. The molecular formula is C27H35N7O. The van der Waals surface area contributed by atoms with Gasteiger partial charge in [0.25, 0.3) is 0 Å². The summed E-state index contributed by atoms with van der Waals surface area (Å²) in [6.45, 7) is 15.3. The van der Waals surface area contributed by atoms with Crippen molar-refractivity contribution in [2.45, 2.75) is 41.5 Å². The lowest BCUT2D eigenvalue weighted by Crippen LogP contribution is -2.27. The molecule has 0 saturated heterocycles. The van der Waals surface area contributed by atoms with Gasteiger partial charge in [-0.15, -0.1) is 9.89 Å². The van der Waals surface area contributed by atoms with Crippen LogP contribution in [0.15, 0.2) is 52.6 Å². The highest BCUT2D eigenvalue weighted by Crippen LogP contribution is 2.31. The van der Waals surface area contributed by atoms with Gasteiger partial charge in [-0.2, -0.15) is 5.10 Å². The van der Waals surface area contributed by atoms with Crippen LogP contribution in [0.2, 0.25) is 0 Å². The third-order valence-corrected chi connectivity index (χ3v) is 6.04. The number of methoxy groups -OCH3 is 1. The number of aliphatic imine (C=N–C) groups is 1. The average molecular weight is 474 g/mol. The average Bonchev–Trinajstić information content (AvgIpc) is 3.39. The Morgan fingerprint density at radius 1 is 1.06 bits per heavy atom. The maximum atomic E-state index is 5.07. The number of benzene rings is 2. The number of fused-ring (bicyclic) bond motifs is 1. The first-order chi connectivity index (χ1) is 16.7. The molecule has 4 rings (SSSR count). The maximum absolute atomic E-state index is 5.07. The van der Waals surface area contributed by atoms with E-state index in [1.807, 2.05) is 24.3 Å². The standard InChI is InChI=1S/C27H35N7O/c1-8-33(9-2)21-14-15-22(18(3)16-21)29-23-24(27(4,5)6)31-34-26(23)30-25(32-34)19-10-12-20(13-11-19)28-17-35-7/h10-16,28H,8-9,17H2,1-7H3/b29-23-. The van der Waals surface area contributed by atoms with Crippen LogP contribution in [-0.4, -0.2) is 53.2 Å². The summed E-state index contributed by atoms with van der Waals surface area (Å²) >= 11 is 0. The summed E-state index contributed by atoms with van der Waals surface area (Å²) in [4.78, 5) is 13.9. The van der Waals surface area contributed by atoms with Crippen LogP contribution in [0.5, 0.6) is 0 Å². The second-order valence-corrected chi connectivity index (χ2v) is 9.64. The maximum Gasteiger partial charge on any atom is 0.204 e. The molecular weight excluding hydrogens is 438 g/mol. The number of aromatic nitrogens is 3. The van der Waals surface area contributed by atoms with Gasteiger partial charge in [0.15, 0.2) is 5.82 Å². The van der Waals surface area contributed by atoms with Gasteiger partial charge in [-0.05, 0) is 68.8 Å². The molecule has 35 heavy (non-hydrogen) atoms. The molecule has 0 saturated carbocycles. The first-order valence-corrected chi connectivity index (χ1v) is 12.1. The minimum Gasteiger partial charge on any atom is -0.372 e. The highest BCUT2D eigenvalue weighted by atomic mass is 16.5. The highest BCUT2D eigenvalue weighted by Gasteiger charge is 2.35. The number of rotatable bonds is 8. The molecule has 2 heterocycles. The van der Waals surface area contributed by atoms with Gasteiger partial charge in [0.05, 0.1) is 11.4 Å². The minimum atomic E-state index is -0.203. The number of ether oxygens (including phenoxy) is 1. The lowest BCUT2D eigenvalue weighted by molar-refractivity contribution is 0.221. The van der Waals surface area contributed by atoms with E-state index in [0.717, 1.165) is 47.0 Å². The largest absolute Gasteiger partial charge is 0.372 e. The highest BCUT2D eigenvalue weighted by molar-refractivity contribution is 6.50. The molecule has 1 aliphatic heterocycles. The van der Waals surface area contributed by atoms with Crippen LogP contribution in [0.3, 0.4) is 0 Å². The van der Waals surface area contributed by atoms with Crippen LogP contribution in [0, 0.1) is 12.3 Å². The fourth-order valence-electron chi connectivity index (χ4n) is 4.06. The first-order valence-electron chi connectivity index (χ1n) is 12.1. The minimum absolute atomic E-state index is 0.203. The molecule has 1 N–H and O–H groups in total. The van der Waals surface area contributed by atoms with Crippen LogP contribution >= 0.6 is 0 Å². The van der Waals surface area contributed by atoms with Crippen molar-refractivity contribution < 1.29 is 4.74 Å². The molecule has 0 unspecified atom stereocenters. The number of hydrogen-bond acceptors (Lipinski definition) is 7. The van der Waals surface area contributed by atoms with Crippen LogP contribution in [-0.2, 0) is 4.74 Å². The van der Waals surface area contributed by atoms with Crippen molar-refractivity contribution in [3.63, 3.8) is 0 Å².